The number of furan rings is 1. The summed E-state index contributed by atoms with van der Waals surface area (Å²) >= 11 is 1.27. The average Bonchev–Trinajstić information content (AvgIpc) is 3.16. The predicted molar refractivity (Wildman–Crippen MR) is 84.0 cm³/mol. The van der Waals surface area contributed by atoms with Crippen molar-refractivity contribution in [2.45, 2.75) is 19.4 Å². The van der Waals surface area contributed by atoms with Gasteiger partial charge in [0.25, 0.3) is 5.91 Å². The minimum Gasteiger partial charge on any atom is -0.459 e. The standard InChI is InChI=1S/C14H18N4O3S/c1-9(15-2)7-16-12(19)6-10-8-22-14(17-10)18-13(20)11-4-3-5-21-11/h3-5,8-9,15H,6-7H2,1-2H3,(H,16,19)(H,17,18,20). The normalized spacial score (nSPS) is 11.9. The quantitative estimate of drug-likeness (QED) is 0.713. The Bertz CT molecular complexity index is 624. The molecule has 2 heterocycles. The summed E-state index contributed by atoms with van der Waals surface area (Å²) < 4.78 is 5.00. The van der Waals surface area contributed by atoms with E-state index in [0.717, 1.165) is 0 Å². The summed E-state index contributed by atoms with van der Waals surface area (Å²) in [5.74, 6) is -0.245. The number of carbonyl (C=O) groups excluding carboxylic acids is 2. The van der Waals surface area contributed by atoms with E-state index in [0.29, 0.717) is 17.4 Å². The van der Waals surface area contributed by atoms with Crippen molar-refractivity contribution in [1.29, 1.82) is 0 Å². The van der Waals surface area contributed by atoms with Gasteiger partial charge in [-0.05, 0) is 26.1 Å². The molecule has 2 rings (SSSR count). The zero-order chi connectivity index (χ0) is 15.9. The van der Waals surface area contributed by atoms with Crippen molar-refractivity contribution in [2.24, 2.45) is 0 Å². The molecule has 3 N–H and O–H groups in total. The van der Waals surface area contributed by atoms with Crippen molar-refractivity contribution >= 4 is 28.3 Å². The second-order valence-corrected chi connectivity index (χ2v) is 5.60. The van der Waals surface area contributed by atoms with E-state index in [-0.39, 0.29) is 30.0 Å². The molecule has 8 heteroatoms. The Balaban J connectivity index is 1.83. The third kappa shape index (κ3) is 4.68. The average molecular weight is 322 g/mol. The van der Waals surface area contributed by atoms with Gasteiger partial charge in [0.1, 0.15) is 0 Å². The van der Waals surface area contributed by atoms with E-state index >= 15 is 0 Å². The topological polar surface area (TPSA) is 96.3 Å². The fourth-order valence-corrected chi connectivity index (χ4v) is 2.31. The van der Waals surface area contributed by atoms with Crippen molar-refractivity contribution < 1.29 is 14.0 Å². The Morgan fingerprint density at radius 1 is 1.45 bits per heavy atom. The van der Waals surface area contributed by atoms with E-state index in [9.17, 15) is 9.59 Å². The zero-order valence-electron chi connectivity index (χ0n) is 12.4. The van der Waals surface area contributed by atoms with Crippen LogP contribution in [-0.2, 0) is 11.2 Å². The lowest BCUT2D eigenvalue weighted by atomic mass is 10.3. The lowest BCUT2D eigenvalue weighted by Crippen LogP contribution is -2.37. The lowest BCUT2D eigenvalue weighted by molar-refractivity contribution is -0.120. The van der Waals surface area contributed by atoms with Crippen LogP contribution in [0.3, 0.4) is 0 Å². The molecule has 7 nitrogen and oxygen atoms in total. The highest BCUT2D eigenvalue weighted by molar-refractivity contribution is 7.14. The van der Waals surface area contributed by atoms with E-state index in [1.807, 2.05) is 14.0 Å². The Labute approximate surface area is 132 Å². The number of anilines is 1. The number of nitrogens with zero attached hydrogens (tertiary/aromatic N) is 1. The molecule has 2 amide bonds. The summed E-state index contributed by atoms with van der Waals surface area (Å²) in [5, 5.41) is 10.7. The monoisotopic (exact) mass is 322 g/mol. The number of nitrogens with one attached hydrogen (secondary N) is 3. The van der Waals surface area contributed by atoms with Gasteiger partial charge in [0, 0.05) is 18.0 Å². The van der Waals surface area contributed by atoms with Gasteiger partial charge in [-0.25, -0.2) is 4.98 Å². The van der Waals surface area contributed by atoms with Gasteiger partial charge >= 0.3 is 0 Å². The van der Waals surface area contributed by atoms with Crippen LogP contribution in [0.15, 0.2) is 28.2 Å². The first kappa shape index (κ1) is 16.2. The van der Waals surface area contributed by atoms with Gasteiger partial charge in [-0.1, -0.05) is 0 Å². The zero-order valence-corrected chi connectivity index (χ0v) is 13.2. The summed E-state index contributed by atoms with van der Waals surface area (Å²) in [6, 6.07) is 3.42. The number of thiazole rings is 1. The summed E-state index contributed by atoms with van der Waals surface area (Å²) in [4.78, 5) is 27.8. The molecule has 0 aromatic carbocycles. The molecule has 0 aliphatic rings. The van der Waals surface area contributed by atoms with Crippen molar-refractivity contribution in [1.82, 2.24) is 15.6 Å². The molecule has 0 spiro atoms. The number of likely N-dealkylation sites (N-methyl/N-ethyl adjacent to an activating group) is 1. The Morgan fingerprint density at radius 2 is 2.27 bits per heavy atom. The molecule has 1 unspecified atom stereocenters. The third-order valence-electron chi connectivity index (χ3n) is 2.96. The van der Waals surface area contributed by atoms with Gasteiger partial charge in [0.2, 0.25) is 5.91 Å². The number of amides is 2. The molecule has 118 valence electrons. The van der Waals surface area contributed by atoms with Crippen molar-refractivity contribution in [3.63, 3.8) is 0 Å². The minimum atomic E-state index is -0.363. The van der Waals surface area contributed by atoms with Crippen LogP contribution in [0.5, 0.6) is 0 Å². The molecule has 0 aliphatic heterocycles. The second kappa shape index (κ2) is 7.71. The van der Waals surface area contributed by atoms with Crippen molar-refractivity contribution in [3.8, 4) is 0 Å². The van der Waals surface area contributed by atoms with Crippen LogP contribution in [0, 0.1) is 0 Å². The van der Waals surface area contributed by atoms with E-state index in [2.05, 4.69) is 20.9 Å². The number of aromatic nitrogens is 1. The van der Waals surface area contributed by atoms with Crippen LogP contribution in [-0.4, -0.2) is 36.4 Å². The van der Waals surface area contributed by atoms with Crippen LogP contribution in [0.1, 0.15) is 23.2 Å². The van der Waals surface area contributed by atoms with Gasteiger partial charge in [0.05, 0.1) is 18.4 Å². The number of carbonyl (C=O) groups is 2. The molecule has 22 heavy (non-hydrogen) atoms. The smallest absolute Gasteiger partial charge is 0.293 e. The molecule has 1 atom stereocenters. The van der Waals surface area contributed by atoms with Crippen LogP contribution in [0.4, 0.5) is 5.13 Å². The van der Waals surface area contributed by atoms with Crippen LogP contribution in [0.2, 0.25) is 0 Å². The first-order chi connectivity index (χ1) is 10.6. The molecule has 2 aromatic heterocycles. The maximum atomic E-state index is 11.8. The maximum absolute atomic E-state index is 11.8. The highest BCUT2D eigenvalue weighted by Gasteiger charge is 2.13. The van der Waals surface area contributed by atoms with Crippen LogP contribution < -0.4 is 16.0 Å². The van der Waals surface area contributed by atoms with Gasteiger partial charge in [-0.3, -0.25) is 14.9 Å². The molecule has 2 aromatic rings. The van der Waals surface area contributed by atoms with E-state index < -0.39 is 0 Å². The summed E-state index contributed by atoms with van der Waals surface area (Å²) in [5.41, 5.74) is 0.620. The second-order valence-electron chi connectivity index (χ2n) is 4.75. The van der Waals surface area contributed by atoms with Crippen LogP contribution in [0.25, 0.3) is 0 Å². The van der Waals surface area contributed by atoms with E-state index in [1.54, 1.807) is 17.5 Å². The van der Waals surface area contributed by atoms with E-state index in [4.69, 9.17) is 4.42 Å². The first-order valence-corrected chi connectivity index (χ1v) is 7.69. The summed E-state index contributed by atoms with van der Waals surface area (Å²) in [7, 11) is 1.84. The molecule has 0 saturated carbocycles. The third-order valence-corrected chi connectivity index (χ3v) is 3.76. The fraction of sp³-hybridized carbons (Fsp3) is 0.357. The molecule has 0 fully saturated rings. The SMILES string of the molecule is CNC(C)CNC(=O)Cc1csc(NC(=O)c2ccco2)n1. The molecular formula is C14H18N4O3S. The summed E-state index contributed by atoms with van der Waals surface area (Å²) in [6.45, 7) is 2.53. The maximum Gasteiger partial charge on any atom is 0.293 e. The number of hydrogen-bond donors (Lipinski definition) is 3. The molecule has 0 saturated heterocycles. The Kier molecular flexibility index (Phi) is 5.68. The highest BCUT2D eigenvalue weighted by Crippen LogP contribution is 2.17. The van der Waals surface area contributed by atoms with Crippen molar-refractivity contribution in [3.05, 3.63) is 35.2 Å². The Hall–Kier alpha value is -2.19. The largest absolute Gasteiger partial charge is 0.459 e. The molecule has 0 bridgehead atoms. The predicted octanol–water partition coefficient (Wildman–Crippen LogP) is 1.25. The van der Waals surface area contributed by atoms with Crippen molar-refractivity contribution in [2.75, 3.05) is 18.9 Å². The van der Waals surface area contributed by atoms with Gasteiger partial charge in [-0.2, -0.15) is 0 Å². The fourth-order valence-electron chi connectivity index (χ4n) is 1.61. The molecule has 0 aliphatic carbocycles. The van der Waals surface area contributed by atoms with Gasteiger partial charge < -0.3 is 15.1 Å². The molecule has 0 radical (unpaired) electrons. The Morgan fingerprint density at radius 3 is 2.95 bits per heavy atom. The summed E-state index contributed by atoms with van der Waals surface area (Å²) in [6.07, 6.45) is 1.61. The highest BCUT2D eigenvalue weighted by atomic mass is 32.1. The van der Waals surface area contributed by atoms with E-state index in [1.165, 1.54) is 17.6 Å². The lowest BCUT2D eigenvalue weighted by Gasteiger charge is -2.10. The number of rotatable bonds is 7. The van der Waals surface area contributed by atoms with Crippen LogP contribution >= 0.6 is 11.3 Å². The van der Waals surface area contributed by atoms with Gasteiger partial charge in [-0.15, -0.1) is 11.3 Å². The molecular weight excluding hydrogens is 304 g/mol. The minimum absolute atomic E-state index is 0.101. The number of hydrogen-bond acceptors (Lipinski definition) is 6. The van der Waals surface area contributed by atoms with Gasteiger partial charge in [0.15, 0.2) is 10.9 Å². The first-order valence-electron chi connectivity index (χ1n) is 6.81.